The molecule has 1 aromatic carbocycles. The maximum absolute atomic E-state index is 13.1. The highest BCUT2D eigenvalue weighted by molar-refractivity contribution is 5.29. The van der Waals surface area contributed by atoms with Crippen molar-refractivity contribution >= 4 is 0 Å². The molecular formula is C11H17FN2O. The number of aryl methyl sites for hydroxylation is 1. The molecule has 0 heterocycles. The van der Waals surface area contributed by atoms with Crippen molar-refractivity contribution < 1.29 is 9.13 Å². The Morgan fingerprint density at radius 3 is 2.87 bits per heavy atom. The molecule has 3 N–H and O–H groups in total. The third kappa shape index (κ3) is 3.27. The van der Waals surface area contributed by atoms with Gasteiger partial charge in [-0.2, -0.15) is 0 Å². The minimum Gasteiger partial charge on any atom is -0.385 e. The SMILES string of the molecule is COCCC(NN)c1cc(F)ccc1C. The number of methoxy groups -OCH3 is 1. The van der Waals surface area contributed by atoms with Gasteiger partial charge in [-0.3, -0.25) is 11.3 Å². The highest BCUT2D eigenvalue weighted by atomic mass is 19.1. The molecule has 4 heteroatoms. The van der Waals surface area contributed by atoms with Gasteiger partial charge in [0.25, 0.3) is 0 Å². The summed E-state index contributed by atoms with van der Waals surface area (Å²) in [4.78, 5) is 0. The van der Waals surface area contributed by atoms with Crippen LogP contribution in [-0.2, 0) is 4.74 Å². The summed E-state index contributed by atoms with van der Waals surface area (Å²) in [7, 11) is 1.63. The molecule has 0 amide bonds. The van der Waals surface area contributed by atoms with Crippen LogP contribution in [0.4, 0.5) is 4.39 Å². The first-order valence-electron chi connectivity index (χ1n) is 4.90. The van der Waals surface area contributed by atoms with Crippen LogP contribution in [0.15, 0.2) is 18.2 Å². The van der Waals surface area contributed by atoms with Crippen molar-refractivity contribution in [2.24, 2.45) is 5.84 Å². The Balaban J connectivity index is 2.85. The summed E-state index contributed by atoms with van der Waals surface area (Å²) < 4.78 is 18.0. The molecule has 1 unspecified atom stereocenters. The second-order valence-corrected chi connectivity index (χ2v) is 3.50. The molecule has 0 fully saturated rings. The van der Waals surface area contributed by atoms with E-state index in [2.05, 4.69) is 5.43 Å². The van der Waals surface area contributed by atoms with Gasteiger partial charge in [0, 0.05) is 19.8 Å². The first kappa shape index (κ1) is 12.1. The van der Waals surface area contributed by atoms with E-state index in [9.17, 15) is 4.39 Å². The maximum atomic E-state index is 13.1. The fourth-order valence-electron chi connectivity index (χ4n) is 1.55. The zero-order valence-electron chi connectivity index (χ0n) is 9.09. The van der Waals surface area contributed by atoms with Crippen LogP contribution in [0, 0.1) is 12.7 Å². The van der Waals surface area contributed by atoms with Crippen molar-refractivity contribution in [2.75, 3.05) is 13.7 Å². The van der Waals surface area contributed by atoms with Crippen LogP contribution in [0.2, 0.25) is 0 Å². The van der Waals surface area contributed by atoms with Gasteiger partial charge in [-0.25, -0.2) is 4.39 Å². The minimum atomic E-state index is -0.242. The summed E-state index contributed by atoms with van der Waals surface area (Å²) in [6.07, 6.45) is 0.720. The molecule has 0 aliphatic heterocycles. The normalized spacial score (nSPS) is 12.8. The number of rotatable bonds is 5. The van der Waals surface area contributed by atoms with Crippen molar-refractivity contribution in [3.05, 3.63) is 35.1 Å². The number of nitrogens with one attached hydrogen (secondary N) is 1. The smallest absolute Gasteiger partial charge is 0.123 e. The zero-order chi connectivity index (χ0) is 11.3. The van der Waals surface area contributed by atoms with Crippen LogP contribution in [-0.4, -0.2) is 13.7 Å². The molecule has 0 aliphatic carbocycles. The molecule has 0 spiro atoms. The molecule has 1 rings (SSSR count). The Morgan fingerprint density at radius 1 is 1.53 bits per heavy atom. The van der Waals surface area contributed by atoms with Crippen LogP contribution in [0.1, 0.15) is 23.6 Å². The topological polar surface area (TPSA) is 47.3 Å². The van der Waals surface area contributed by atoms with E-state index in [1.165, 1.54) is 12.1 Å². The van der Waals surface area contributed by atoms with Gasteiger partial charge in [-0.15, -0.1) is 0 Å². The van der Waals surface area contributed by atoms with Crippen molar-refractivity contribution in [2.45, 2.75) is 19.4 Å². The monoisotopic (exact) mass is 212 g/mol. The quantitative estimate of drug-likeness (QED) is 0.576. The van der Waals surface area contributed by atoms with Gasteiger partial charge in [-0.1, -0.05) is 6.07 Å². The van der Waals surface area contributed by atoms with Crippen LogP contribution < -0.4 is 11.3 Å². The van der Waals surface area contributed by atoms with Crippen LogP contribution in [0.3, 0.4) is 0 Å². The lowest BCUT2D eigenvalue weighted by molar-refractivity contribution is 0.183. The highest BCUT2D eigenvalue weighted by Crippen LogP contribution is 2.20. The average Bonchev–Trinajstić information content (AvgIpc) is 2.24. The molecule has 0 saturated carbocycles. The van der Waals surface area contributed by atoms with Gasteiger partial charge in [0.1, 0.15) is 5.82 Å². The van der Waals surface area contributed by atoms with E-state index in [1.807, 2.05) is 6.92 Å². The lowest BCUT2D eigenvalue weighted by Crippen LogP contribution is -2.29. The number of hydrogen-bond donors (Lipinski definition) is 2. The molecular weight excluding hydrogens is 195 g/mol. The summed E-state index contributed by atoms with van der Waals surface area (Å²) in [5, 5.41) is 0. The molecule has 15 heavy (non-hydrogen) atoms. The number of nitrogens with two attached hydrogens (primary N) is 1. The maximum Gasteiger partial charge on any atom is 0.123 e. The Morgan fingerprint density at radius 2 is 2.27 bits per heavy atom. The van der Waals surface area contributed by atoms with E-state index in [4.69, 9.17) is 10.6 Å². The molecule has 0 bridgehead atoms. The zero-order valence-corrected chi connectivity index (χ0v) is 9.09. The third-order valence-electron chi connectivity index (χ3n) is 2.43. The molecule has 0 saturated heterocycles. The van der Waals surface area contributed by atoms with Gasteiger partial charge in [-0.05, 0) is 36.6 Å². The van der Waals surface area contributed by atoms with Crippen molar-refractivity contribution in [3.63, 3.8) is 0 Å². The number of ether oxygens (including phenoxy) is 1. The summed E-state index contributed by atoms with van der Waals surface area (Å²) in [5.41, 5.74) is 4.58. The van der Waals surface area contributed by atoms with Crippen molar-refractivity contribution in [1.29, 1.82) is 0 Å². The number of benzene rings is 1. The third-order valence-corrected chi connectivity index (χ3v) is 2.43. The van der Waals surface area contributed by atoms with Gasteiger partial charge >= 0.3 is 0 Å². The Labute approximate surface area is 89.4 Å². The van der Waals surface area contributed by atoms with Gasteiger partial charge in [0.2, 0.25) is 0 Å². The fraction of sp³-hybridized carbons (Fsp3) is 0.455. The first-order valence-corrected chi connectivity index (χ1v) is 4.90. The first-order chi connectivity index (χ1) is 7.19. The Hall–Kier alpha value is -0.970. The van der Waals surface area contributed by atoms with E-state index >= 15 is 0 Å². The number of hydrazine groups is 1. The molecule has 0 radical (unpaired) electrons. The van der Waals surface area contributed by atoms with Crippen LogP contribution >= 0.6 is 0 Å². The fourth-order valence-corrected chi connectivity index (χ4v) is 1.55. The van der Waals surface area contributed by atoms with Gasteiger partial charge in [0.05, 0.1) is 0 Å². The summed E-state index contributed by atoms with van der Waals surface area (Å²) in [6, 6.07) is 4.64. The second-order valence-electron chi connectivity index (χ2n) is 3.50. The standard InChI is InChI=1S/C11H17FN2O/c1-8-3-4-9(12)7-10(8)11(14-13)5-6-15-2/h3-4,7,11,14H,5-6,13H2,1-2H3. The van der Waals surface area contributed by atoms with Crippen molar-refractivity contribution in [3.8, 4) is 0 Å². The molecule has 1 atom stereocenters. The molecule has 3 nitrogen and oxygen atoms in total. The highest BCUT2D eigenvalue weighted by Gasteiger charge is 2.12. The van der Waals surface area contributed by atoms with Crippen LogP contribution in [0.5, 0.6) is 0 Å². The predicted octanol–water partition coefficient (Wildman–Crippen LogP) is 1.68. The Kier molecular flexibility index (Phi) is 4.68. The van der Waals surface area contributed by atoms with E-state index in [-0.39, 0.29) is 11.9 Å². The lowest BCUT2D eigenvalue weighted by Gasteiger charge is -2.18. The number of halogens is 1. The van der Waals surface area contributed by atoms with E-state index in [0.29, 0.717) is 6.61 Å². The van der Waals surface area contributed by atoms with E-state index in [1.54, 1.807) is 13.2 Å². The van der Waals surface area contributed by atoms with Gasteiger partial charge in [0.15, 0.2) is 0 Å². The lowest BCUT2D eigenvalue weighted by atomic mass is 9.99. The largest absolute Gasteiger partial charge is 0.385 e. The van der Waals surface area contributed by atoms with Crippen LogP contribution in [0.25, 0.3) is 0 Å². The summed E-state index contributed by atoms with van der Waals surface area (Å²) in [6.45, 7) is 2.52. The summed E-state index contributed by atoms with van der Waals surface area (Å²) in [5.74, 6) is 5.19. The van der Waals surface area contributed by atoms with E-state index in [0.717, 1.165) is 17.5 Å². The van der Waals surface area contributed by atoms with E-state index < -0.39 is 0 Å². The molecule has 0 aliphatic rings. The number of hydrogen-bond acceptors (Lipinski definition) is 3. The molecule has 0 aromatic heterocycles. The summed E-state index contributed by atoms with van der Waals surface area (Å²) >= 11 is 0. The average molecular weight is 212 g/mol. The minimum absolute atomic E-state index is 0.0688. The van der Waals surface area contributed by atoms with Gasteiger partial charge < -0.3 is 4.74 Å². The molecule has 84 valence electrons. The Bertz CT molecular complexity index is 317. The second kappa shape index (κ2) is 5.80. The molecule has 1 aromatic rings. The van der Waals surface area contributed by atoms with Crippen molar-refractivity contribution in [1.82, 2.24) is 5.43 Å². The predicted molar refractivity (Wildman–Crippen MR) is 57.7 cm³/mol.